The lowest BCUT2D eigenvalue weighted by atomic mass is 10.2. The van der Waals surface area contributed by atoms with E-state index in [0.717, 1.165) is 5.69 Å². The number of aromatic carboxylic acids is 1. The van der Waals surface area contributed by atoms with Gasteiger partial charge < -0.3 is 15.7 Å². The van der Waals surface area contributed by atoms with Crippen molar-refractivity contribution in [1.29, 1.82) is 0 Å². The molecule has 0 atom stereocenters. The maximum absolute atomic E-state index is 10.6. The summed E-state index contributed by atoms with van der Waals surface area (Å²) in [7, 11) is 1.71. The third-order valence-corrected chi connectivity index (χ3v) is 1.95. The molecule has 0 bridgehead atoms. The van der Waals surface area contributed by atoms with E-state index in [4.69, 9.17) is 10.8 Å². The molecule has 1 aromatic rings. The van der Waals surface area contributed by atoms with Crippen molar-refractivity contribution in [1.82, 2.24) is 0 Å². The quantitative estimate of drug-likeness (QED) is 0.745. The SMILES string of the molecule is CN(CC(N)=O)c1ccc(C(=O)O)cc1. The lowest BCUT2D eigenvalue weighted by Crippen LogP contribution is -2.30. The van der Waals surface area contributed by atoms with Gasteiger partial charge >= 0.3 is 5.97 Å². The highest BCUT2D eigenvalue weighted by molar-refractivity contribution is 5.88. The van der Waals surface area contributed by atoms with Crippen LogP contribution in [0.15, 0.2) is 24.3 Å². The number of benzene rings is 1. The number of likely N-dealkylation sites (N-methyl/N-ethyl adjacent to an activating group) is 1. The van der Waals surface area contributed by atoms with Gasteiger partial charge in [-0.3, -0.25) is 4.79 Å². The van der Waals surface area contributed by atoms with E-state index in [-0.39, 0.29) is 12.1 Å². The van der Waals surface area contributed by atoms with Crippen LogP contribution in [0.2, 0.25) is 0 Å². The summed E-state index contributed by atoms with van der Waals surface area (Å²) in [6, 6.07) is 6.23. The van der Waals surface area contributed by atoms with Crippen LogP contribution in [0.4, 0.5) is 5.69 Å². The number of hydrogen-bond donors (Lipinski definition) is 2. The van der Waals surface area contributed by atoms with Crippen LogP contribution in [-0.4, -0.2) is 30.6 Å². The summed E-state index contributed by atoms with van der Waals surface area (Å²) in [5.41, 5.74) is 6.00. The van der Waals surface area contributed by atoms with Crippen LogP contribution in [0.25, 0.3) is 0 Å². The second-order valence-electron chi connectivity index (χ2n) is 3.17. The Kier molecular flexibility index (Phi) is 3.28. The molecule has 0 aliphatic heterocycles. The fraction of sp³-hybridized carbons (Fsp3) is 0.200. The van der Waals surface area contributed by atoms with Gasteiger partial charge in [-0.15, -0.1) is 0 Å². The third-order valence-electron chi connectivity index (χ3n) is 1.95. The van der Waals surface area contributed by atoms with Gasteiger partial charge in [0.05, 0.1) is 12.1 Å². The summed E-state index contributed by atoms with van der Waals surface area (Å²) in [5.74, 6) is -1.40. The summed E-state index contributed by atoms with van der Waals surface area (Å²) < 4.78 is 0. The normalized spacial score (nSPS) is 9.67. The monoisotopic (exact) mass is 208 g/mol. The van der Waals surface area contributed by atoms with E-state index in [1.54, 1.807) is 24.1 Å². The van der Waals surface area contributed by atoms with E-state index in [1.807, 2.05) is 0 Å². The molecule has 0 radical (unpaired) electrons. The van der Waals surface area contributed by atoms with Gasteiger partial charge in [-0.2, -0.15) is 0 Å². The first-order valence-corrected chi connectivity index (χ1v) is 4.33. The van der Waals surface area contributed by atoms with Gasteiger partial charge in [0.2, 0.25) is 5.91 Å². The van der Waals surface area contributed by atoms with Crippen molar-refractivity contribution in [3.63, 3.8) is 0 Å². The van der Waals surface area contributed by atoms with Crippen molar-refractivity contribution in [3.8, 4) is 0 Å². The number of nitrogens with two attached hydrogens (primary N) is 1. The summed E-state index contributed by atoms with van der Waals surface area (Å²) in [5, 5.41) is 8.67. The van der Waals surface area contributed by atoms with E-state index in [1.165, 1.54) is 12.1 Å². The molecular formula is C10H12N2O3. The Morgan fingerprint density at radius 1 is 1.33 bits per heavy atom. The number of carbonyl (C=O) groups is 2. The minimum absolute atomic E-state index is 0.104. The fourth-order valence-corrected chi connectivity index (χ4v) is 1.18. The van der Waals surface area contributed by atoms with Crippen molar-refractivity contribution in [2.24, 2.45) is 5.73 Å². The van der Waals surface area contributed by atoms with Gasteiger partial charge in [0.1, 0.15) is 0 Å². The first-order valence-electron chi connectivity index (χ1n) is 4.33. The number of anilines is 1. The predicted octanol–water partition coefficient (Wildman–Crippen LogP) is 0.306. The van der Waals surface area contributed by atoms with Crippen LogP contribution < -0.4 is 10.6 Å². The van der Waals surface area contributed by atoms with Crippen LogP contribution >= 0.6 is 0 Å². The zero-order valence-electron chi connectivity index (χ0n) is 8.30. The molecule has 0 unspecified atom stereocenters. The van der Waals surface area contributed by atoms with E-state index in [0.29, 0.717) is 0 Å². The van der Waals surface area contributed by atoms with Gasteiger partial charge in [-0.1, -0.05) is 0 Å². The van der Waals surface area contributed by atoms with Crippen molar-refractivity contribution in [2.45, 2.75) is 0 Å². The summed E-state index contributed by atoms with van der Waals surface area (Å²) in [6.07, 6.45) is 0. The number of amides is 1. The topological polar surface area (TPSA) is 83.6 Å². The average Bonchev–Trinajstić information content (AvgIpc) is 2.17. The molecule has 0 saturated carbocycles. The van der Waals surface area contributed by atoms with E-state index in [9.17, 15) is 9.59 Å². The molecule has 1 aromatic carbocycles. The molecule has 1 amide bonds. The molecule has 0 saturated heterocycles. The first kappa shape index (κ1) is 11.0. The van der Waals surface area contributed by atoms with Gasteiger partial charge in [0.15, 0.2) is 0 Å². The Labute approximate surface area is 87.1 Å². The highest BCUT2D eigenvalue weighted by Crippen LogP contribution is 2.13. The Morgan fingerprint density at radius 3 is 2.27 bits per heavy atom. The number of carboxylic acid groups (broad SMARTS) is 1. The number of primary amides is 1. The van der Waals surface area contributed by atoms with E-state index >= 15 is 0 Å². The Morgan fingerprint density at radius 2 is 1.87 bits per heavy atom. The minimum Gasteiger partial charge on any atom is -0.478 e. The second kappa shape index (κ2) is 4.45. The minimum atomic E-state index is -0.973. The number of carbonyl (C=O) groups excluding carboxylic acids is 1. The molecular weight excluding hydrogens is 196 g/mol. The lowest BCUT2D eigenvalue weighted by molar-refractivity contribution is -0.116. The summed E-state index contributed by atoms with van der Waals surface area (Å²) in [4.78, 5) is 22.9. The van der Waals surface area contributed by atoms with Crippen molar-refractivity contribution >= 4 is 17.6 Å². The highest BCUT2D eigenvalue weighted by Gasteiger charge is 2.06. The molecule has 0 aromatic heterocycles. The second-order valence-corrected chi connectivity index (χ2v) is 3.17. The molecule has 0 heterocycles. The summed E-state index contributed by atoms with van der Waals surface area (Å²) in [6.45, 7) is 0.104. The van der Waals surface area contributed by atoms with Crippen molar-refractivity contribution < 1.29 is 14.7 Å². The molecule has 1 rings (SSSR count). The maximum Gasteiger partial charge on any atom is 0.335 e. The molecule has 0 aliphatic rings. The van der Waals surface area contributed by atoms with Crippen LogP contribution in [0.1, 0.15) is 10.4 Å². The smallest absolute Gasteiger partial charge is 0.335 e. The van der Waals surface area contributed by atoms with E-state index < -0.39 is 11.9 Å². The van der Waals surface area contributed by atoms with Crippen LogP contribution in [0.5, 0.6) is 0 Å². The standard InChI is InChI=1S/C10H12N2O3/c1-12(6-9(11)13)8-4-2-7(3-5-8)10(14)15/h2-5H,6H2,1H3,(H2,11,13)(H,14,15). The van der Waals surface area contributed by atoms with Crippen LogP contribution in [0, 0.1) is 0 Å². The van der Waals surface area contributed by atoms with Gasteiger partial charge in [-0.25, -0.2) is 4.79 Å². The molecule has 0 fully saturated rings. The predicted molar refractivity (Wildman–Crippen MR) is 55.9 cm³/mol. The fourth-order valence-electron chi connectivity index (χ4n) is 1.18. The zero-order chi connectivity index (χ0) is 11.4. The number of hydrogen-bond acceptors (Lipinski definition) is 3. The van der Waals surface area contributed by atoms with Crippen LogP contribution in [-0.2, 0) is 4.79 Å². The highest BCUT2D eigenvalue weighted by atomic mass is 16.4. The molecule has 80 valence electrons. The average molecular weight is 208 g/mol. The number of carboxylic acids is 1. The third kappa shape index (κ3) is 2.98. The Balaban J connectivity index is 2.79. The van der Waals surface area contributed by atoms with Gasteiger partial charge in [0, 0.05) is 12.7 Å². The van der Waals surface area contributed by atoms with Crippen LogP contribution in [0.3, 0.4) is 0 Å². The number of nitrogens with zero attached hydrogens (tertiary/aromatic N) is 1. The largest absolute Gasteiger partial charge is 0.478 e. The molecule has 5 nitrogen and oxygen atoms in total. The summed E-state index contributed by atoms with van der Waals surface area (Å²) >= 11 is 0. The van der Waals surface area contributed by atoms with Gasteiger partial charge in [-0.05, 0) is 24.3 Å². The Bertz CT molecular complexity index is 373. The van der Waals surface area contributed by atoms with Crippen molar-refractivity contribution in [2.75, 3.05) is 18.5 Å². The maximum atomic E-state index is 10.6. The molecule has 0 spiro atoms. The first-order chi connectivity index (χ1) is 7.00. The molecule has 15 heavy (non-hydrogen) atoms. The van der Waals surface area contributed by atoms with E-state index in [2.05, 4.69) is 0 Å². The van der Waals surface area contributed by atoms with Gasteiger partial charge in [0.25, 0.3) is 0 Å². The number of rotatable bonds is 4. The molecule has 3 N–H and O–H groups in total. The molecule has 5 heteroatoms. The van der Waals surface area contributed by atoms with Crippen molar-refractivity contribution in [3.05, 3.63) is 29.8 Å². The zero-order valence-corrected chi connectivity index (χ0v) is 8.30. The lowest BCUT2D eigenvalue weighted by Gasteiger charge is -2.16. The Hall–Kier alpha value is -2.04. The molecule has 0 aliphatic carbocycles.